The van der Waals surface area contributed by atoms with Crippen LogP contribution in [0.2, 0.25) is 0 Å². The largest absolute Gasteiger partial charge is 0.409 e. The number of anilines is 1. The average molecular weight is 364 g/mol. The molecule has 138 valence electrons. The summed E-state index contributed by atoms with van der Waals surface area (Å²) in [4.78, 5) is 11.6. The molecule has 1 aromatic carbocycles. The number of fused-ring (bicyclic) bond motifs is 1. The number of amides is 1. The molecular weight excluding hydrogens is 347 g/mol. The minimum absolute atomic E-state index is 0.0237. The van der Waals surface area contributed by atoms with E-state index in [1.165, 1.54) is 12.1 Å². The number of rotatable bonds is 7. The van der Waals surface area contributed by atoms with Crippen molar-refractivity contribution in [2.75, 3.05) is 25.0 Å². The molecule has 0 radical (unpaired) electrons. The summed E-state index contributed by atoms with van der Waals surface area (Å²) in [5.41, 5.74) is 1.84. The lowest BCUT2D eigenvalue weighted by atomic mass is 9.83. The number of aromatic nitrogens is 2. The van der Waals surface area contributed by atoms with Crippen LogP contribution in [0.5, 0.6) is 0 Å². The number of nitrogens with zero attached hydrogens (tertiary/aromatic N) is 3. The molecule has 2 aromatic rings. The van der Waals surface area contributed by atoms with Crippen molar-refractivity contribution in [3.8, 4) is 0 Å². The molecule has 3 rings (SSSR count). The highest BCUT2D eigenvalue weighted by Crippen LogP contribution is 2.33. The first kappa shape index (κ1) is 17.6. The van der Waals surface area contributed by atoms with Crippen LogP contribution in [-0.4, -0.2) is 52.1 Å². The third kappa shape index (κ3) is 3.72. The van der Waals surface area contributed by atoms with Gasteiger partial charge in [-0.05, 0) is 40.0 Å². The van der Waals surface area contributed by atoms with Crippen LogP contribution in [0.4, 0.5) is 10.2 Å². The molecule has 0 saturated carbocycles. The number of aliphatic hydroxyl groups excluding tert-OH is 1. The maximum atomic E-state index is 13.4. The summed E-state index contributed by atoms with van der Waals surface area (Å²) in [6, 6.07) is 4.26. The summed E-state index contributed by atoms with van der Waals surface area (Å²) in [5.74, 6) is -0.642. The van der Waals surface area contributed by atoms with Crippen molar-refractivity contribution in [3.63, 3.8) is 0 Å². The number of amidine groups is 1. The van der Waals surface area contributed by atoms with E-state index < -0.39 is 0 Å². The number of carbonyl (C=O) groups excluding carboxylic acids is 1. The van der Waals surface area contributed by atoms with Gasteiger partial charge in [0.1, 0.15) is 5.82 Å². The van der Waals surface area contributed by atoms with Crippen molar-refractivity contribution in [1.29, 1.82) is 0 Å². The van der Waals surface area contributed by atoms with Gasteiger partial charge in [-0.2, -0.15) is 0 Å². The molecule has 10 nitrogen and oxygen atoms in total. The molecule has 5 N–H and O–H groups in total. The normalized spacial score (nSPS) is 15.8. The summed E-state index contributed by atoms with van der Waals surface area (Å²) >= 11 is 0. The van der Waals surface area contributed by atoms with E-state index in [-0.39, 0.29) is 54.8 Å². The van der Waals surface area contributed by atoms with Crippen LogP contribution in [-0.2, 0) is 11.2 Å². The van der Waals surface area contributed by atoms with Crippen LogP contribution in [0.25, 0.3) is 0 Å². The number of halogens is 1. The van der Waals surface area contributed by atoms with Gasteiger partial charge in [-0.15, -0.1) is 0 Å². The van der Waals surface area contributed by atoms with Gasteiger partial charge in [0.05, 0.1) is 19.2 Å². The predicted octanol–water partition coefficient (Wildman–Crippen LogP) is -0.248. The Morgan fingerprint density at radius 2 is 2.27 bits per heavy atom. The van der Waals surface area contributed by atoms with E-state index in [1.54, 1.807) is 6.07 Å². The number of oxime groups is 1. The van der Waals surface area contributed by atoms with Gasteiger partial charge in [-0.3, -0.25) is 4.79 Å². The highest BCUT2D eigenvalue weighted by Gasteiger charge is 2.29. The molecule has 0 unspecified atom stereocenters. The topological polar surface area (TPSA) is 145 Å². The van der Waals surface area contributed by atoms with Gasteiger partial charge in [0.25, 0.3) is 0 Å². The zero-order chi connectivity index (χ0) is 18.5. The maximum Gasteiger partial charge on any atom is 0.239 e. The fourth-order valence-corrected chi connectivity index (χ4v) is 2.59. The molecule has 1 aromatic heterocycles. The van der Waals surface area contributed by atoms with Crippen LogP contribution in [0, 0.1) is 5.82 Å². The smallest absolute Gasteiger partial charge is 0.239 e. The Labute approximate surface area is 147 Å². The minimum atomic E-state index is -0.369. The van der Waals surface area contributed by atoms with E-state index in [2.05, 4.69) is 36.0 Å². The second-order valence-corrected chi connectivity index (χ2v) is 5.58. The van der Waals surface area contributed by atoms with Gasteiger partial charge in [0.15, 0.2) is 11.5 Å². The number of benzene rings is 1. The molecule has 26 heavy (non-hydrogen) atoms. The maximum absolute atomic E-state index is 13.4. The fraction of sp³-hybridized carbons (Fsp3) is 0.333. The van der Waals surface area contributed by atoms with Gasteiger partial charge in [-0.25, -0.2) is 9.02 Å². The van der Waals surface area contributed by atoms with Crippen molar-refractivity contribution in [1.82, 2.24) is 20.9 Å². The Kier molecular flexibility index (Phi) is 5.27. The highest BCUT2D eigenvalue weighted by molar-refractivity contribution is 6.01. The number of hydrogen-bond donors (Lipinski definition) is 5. The first-order chi connectivity index (χ1) is 12.6. The third-order valence-electron chi connectivity index (χ3n) is 3.88. The second-order valence-electron chi connectivity index (χ2n) is 5.58. The highest BCUT2D eigenvalue weighted by atomic mass is 19.1. The molecular formula is C15H17FN6O4. The Bertz CT molecular complexity index is 824. The number of hydrogen-bond acceptors (Lipinski definition) is 8. The average Bonchev–Trinajstić information content (AvgIpc) is 3.09. The lowest BCUT2D eigenvalue weighted by Gasteiger charge is -2.31. The summed E-state index contributed by atoms with van der Waals surface area (Å²) < 4.78 is 18.0. The number of carbonyl (C=O) groups is 1. The molecule has 1 heterocycles. The van der Waals surface area contributed by atoms with Crippen LogP contribution in [0.3, 0.4) is 0 Å². The van der Waals surface area contributed by atoms with Crippen molar-refractivity contribution in [2.45, 2.75) is 12.5 Å². The van der Waals surface area contributed by atoms with Gasteiger partial charge < -0.3 is 26.3 Å². The predicted molar refractivity (Wildman–Crippen MR) is 87.2 cm³/mol. The van der Waals surface area contributed by atoms with Crippen LogP contribution < -0.4 is 16.0 Å². The van der Waals surface area contributed by atoms with E-state index in [0.29, 0.717) is 6.42 Å². The van der Waals surface area contributed by atoms with Crippen LogP contribution in [0.15, 0.2) is 28.0 Å². The molecule has 1 amide bonds. The summed E-state index contributed by atoms with van der Waals surface area (Å²) in [6.07, 6.45) is 0.631. The number of nitrogens with one attached hydrogen (secondary N) is 3. The molecule has 1 aliphatic rings. The summed E-state index contributed by atoms with van der Waals surface area (Å²) in [7, 11) is 0. The van der Waals surface area contributed by atoms with Gasteiger partial charge in [-0.1, -0.05) is 11.2 Å². The molecule has 0 fully saturated rings. The first-order valence-corrected chi connectivity index (χ1v) is 7.83. The Morgan fingerprint density at radius 1 is 1.42 bits per heavy atom. The zero-order valence-corrected chi connectivity index (χ0v) is 13.6. The van der Waals surface area contributed by atoms with Crippen molar-refractivity contribution < 1.29 is 24.1 Å². The zero-order valence-electron chi connectivity index (χ0n) is 13.6. The second kappa shape index (κ2) is 7.78. The molecule has 1 aliphatic carbocycles. The van der Waals surface area contributed by atoms with Crippen molar-refractivity contribution >= 4 is 17.6 Å². The standard InChI is InChI=1S/C15H17FN6O4/c16-9-2-1-8-5-11(10(8)6-9)19-15(20-25)13-14(22-26-21-13)18-7-12(24)17-3-4-23/h1-2,6,11,23,25H,3-5,7H2,(H,17,24)(H,18,22)(H,19,20)/t11-/m1/s1. The Hall–Kier alpha value is -3.21. The minimum Gasteiger partial charge on any atom is -0.409 e. The Morgan fingerprint density at radius 3 is 3.04 bits per heavy atom. The van der Waals surface area contributed by atoms with Gasteiger partial charge in [0, 0.05) is 6.54 Å². The monoisotopic (exact) mass is 364 g/mol. The van der Waals surface area contributed by atoms with E-state index in [4.69, 9.17) is 5.11 Å². The van der Waals surface area contributed by atoms with Crippen LogP contribution in [0.1, 0.15) is 22.9 Å². The van der Waals surface area contributed by atoms with E-state index in [0.717, 1.165) is 11.1 Å². The van der Waals surface area contributed by atoms with E-state index in [9.17, 15) is 14.4 Å². The third-order valence-corrected chi connectivity index (χ3v) is 3.88. The SMILES string of the molecule is O=C(CNc1nonc1/C(=N\O)N[C@@H]1Cc2ccc(F)cc21)NCCO. The summed E-state index contributed by atoms with van der Waals surface area (Å²) in [5, 5.41) is 36.5. The lowest BCUT2D eigenvalue weighted by molar-refractivity contribution is -0.119. The molecule has 0 spiro atoms. The quantitative estimate of drug-likeness (QED) is 0.196. The molecule has 11 heteroatoms. The molecule has 0 bridgehead atoms. The van der Waals surface area contributed by atoms with E-state index >= 15 is 0 Å². The molecule has 0 aliphatic heterocycles. The van der Waals surface area contributed by atoms with Gasteiger partial charge >= 0.3 is 0 Å². The van der Waals surface area contributed by atoms with Crippen LogP contribution >= 0.6 is 0 Å². The number of aliphatic hydroxyl groups is 1. The first-order valence-electron chi connectivity index (χ1n) is 7.83. The fourth-order valence-electron chi connectivity index (χ4n) is 2.59. The summed E-state index contributed by atoms with van der Waals surface area (Å²) in [6.45, 7) is -0.179. The van der Waals surface area contributed by atoms with Crippen molar-refractivity contribution in [3.05, 3.63) is 40.8 Å². The van der Waals surface area contributed by atoms with Gasteiger partial charge in [0.2, 0.25) is 11.7 Å². The Balaban J connectivity index is 1.65. The molecule has 0 saturated heterocycles. The lowest BCUT2D eigenvalue weighted by Crippen LogP contribution is -2.37. The molecule has 1 atom stereocenters. The van der Waals surface area contributed by atoms with E-state index in [1.807, 2.05) is 0 Å². The van der Waals surface area contributed by atoms with Crippen molar-refractivity contribution in [2.24, 2.45) is 5.16 Å².